The normalized spacial score (nSPS) is 25.5. The van der Waals surface area contributed by atoms with Crippen molar-refractivity contribution in [2.24, 2.45) is 5.92 Å². The van der Waals surface area contributed by atoms with Gasteiger partial charge in [0.05, 0.1) is 6.07 Å². The summed E-state index contributed by atoms with van der Waals surface area (Å²) in [5.74, 6) is 0.0400. The lowest BCUT2D eigenvalue weighted by Gasteiger charge is -2.12. The molecule has 0 aromatic carbocycles. The lowest BCUT2D eigenvalue weighted by Crippen LogP contribution is -2.30. The molecule has 0 spiro atoms. The molecule has 1 rings (SSSR count). The van der Waals surface area contributed by atoms with E-state index in [4.69, 9.17) is 5.26 Å². The predicted octanol–water partition coefficient (Wildman–Crippen LogP) is 0.182. The Morgan fingerprint density at radius 3 is 2.75 bits per heavy atom. The molecule has 1 unspecified atom stereocenters. The molecule has 0 amide bonds. The van der Waals surface area contributed by atoms with E-state index in [1.165, 1.54) is 4.31 Å². The summed E-state index contributed by atoms with van der Waals surface area (Å²) in [6.07, 6.45) is 0.907. The van der Waals surface area contributed by atoms with Gasteiger partial charge in [-0.1, -0.05) is 6.92 Å². The molecule has 5 heteroatoms. The van der Waals surface area contributed by atoms with E-state index in [-0.39, 0.29) is 5.75 Å². The van der Waals surface area contributed by atoms with Crippen LogP contribution in [0.3, 0.4) is 0 Å². The highest BCUT2D eigenvalue weighted by atomic mass is 32.2. The molecule has 0 saturated carbocycles. The number of sulfonamides is 1. The molecule has 12 heavy (non-hydrogen) atoms. The SMILES string of the molecule is CC1CCN(S(=O)(=O)CC#N)C1. The molecule has 1 aliphatic heterocycles. The second-order valence-electron chi connectivity index (χ2n) is 3.17. The molecular weight excluding hydrogens is 176 g/mol. The summed E-state index contributed by atoms with van der Waals surface area (Å²) in [5.41, 5.74) is 0. The molecule has 1 saturated heterocycles. The molecule has 0 bridgehead atoms. The molecule has 68 valence electrons. The van der Waals surface area contributed by atoms with Crippen molar-refractivity contribution < 1.29 is 8.42 Å². The van der Waals surface area contributed by atoms with Gasteiger partial charge in [-0.15, -0.1) is 0 Å². The van der Waals surface area contributed by atoms with Crippen molar-refractivity contribution in [1.29, 1.82) is 5.26 Å². The largest absolute Gasteiger partial charge is 0.227 e. The van der Waals surface area contributed by atoms with Crippen molar-refractivity contribution in [3.63, 3.8) is 0 Å². The second kappa shape index (κ2) is 3.42. The van der Waals surface area contributed by atoms with Crippen LogP contribution < -0.4 is 0 Å². The summed E-state index contributed by atoms with van der Waals surface area (Å²) < 4.78 is 24.0. The van der Waals surface area contributed by atoms with E-state index < -0.39 is 10.0 Å². The highest BCUT2D eigenvalue weighted by Gasteiger charge is 2.28. The van der Waals surface area contributed by atoms with Crippen molar-refractivity contribution >= 4 is 10.0 Å². The second-order valence-corrected chi connectivity index (χ2v) is 5.14. The number of hydrogen-bond donors (Lipinski definition) is 0. The molecule has 0 aliphatic carbocycles. The van der Waals surface area contributed by atoms with Gasteiger partial charge < -0.3 is 0 Å². The summed E-state index contributed by atoms with van der Waals surface area (Å²) in [4.78, 5) is 0. The van der Waals surface area contributed by atoms with Crippen LogP contribution >= 0.6 is 0 Å². The first-order chi connectivity index (χ1) is 5.56. The van der Waals surface area contributed by atoms with E-state index in [9.17, 15) is 8.42 Å². The minimum atomic E-state index is -3.27. The van der Waals surface area contributed by atoms with E-state index in [0.29, 0.717) is 19.0 Å². The van der Waals surface area contributed by atoms with Gasteiger partial charge in [0.15, 0.2) is 5.75 Å². The Kier molecular flexibility index (Phi) is 2.70. The first-order valence-corrected chi connectivity index (χ1v) is 5.52. The highest BCUT2D eigenvalue weighted by Crippen LogP contribution is 2.18. The standard InChI is InChI=1S/C7H12N2O2S/c1-7-2-4-9(6-7)12(10,11)5-3-8/h7H,2,4-6H2,1H3. The van der Waals surface area contributed by atoms with Gasteiger partial charge in [-0.2, -0.15) is 5.26 Å². The van der Waals surface area contributed by atoms with E-state index in [0.717, 1.165) is 6.42 Å². The summed E-state index contributed by atoms with van der Waals surface area (Å²) in [5, 5.41) is 8.27. The number of hydrogen-bond acceptors (Lipinski definition) is 3. The Morgan fingerprint density at radius 1 is 1.67 bits per heavy atom. The smallest absolute Gasteiger partial charge is 0.211 e. The fraction of sp³-hybridized carbons (Fsp3) is 0.857. The first-order valence-electron chi connectivity index (χ1n) is 3.91. The van der Waals surface area contributed by atoms with Crippen molar-refractivity contribution in [3.05, 3.63) is 0 Å². The summed E-state index contributed by atoms with van der Waals surface area (Å²) >= 11 is 0. The third-order valence-electron chi connectivity index (χ3n) is 2.03. The fourth-order valence-electron chi connectivity index (χ4n) is 1.32. The summed E-state index contributed by atoms with van der Waals surface area (Å²) in [6.45, 7) is 3.16. The Morgan fingerprint density at radius 2 is 2.33 bits per heavy atom. The van der Waals surface area contributed by atoms with Gasteiger partial charge in [-0.05, 0) is 12.3 Å². The topological polar surface area (TPSA) is 61.2 Å². The first kappa shape index (κ1) is 9.49. The van der Waals surface area contributed by atoms with Gasteiger partial charge in [0.2, 0.25) is 10.0 Å². The van der Waals surface area contributed by atoms with Crippen LogP contribution in [0, 0.1) is 17.2 Å². The van der Waals surface area contributed by atoms with E-state index >= 15 is 0 Å². The Labute approximate surface area is 72.8 Å². The molecule has 0 aromatic rings. The van der Waals surface area contributed by atoms with Crippen molar-refractivity contribution in [3.8, 4) is 6.07 Å². The number of nitrogens with zero attached hydrogens (tertiary/aromatic N) is 2. The predicted molar refractivity (Wildman–Crippen MR) is 44.8 cm³/mol. The van der Waals surface area contributed by atoms with E-state index in [1.54, 1.807) is 6.07 Å². The molecular formula is C7H12N2O2S. The fourth-order valence-corrected chi connectivity index (χ4v) is 2.53. The van der Waals surface area contributed by atoms with Gasteiger partial charge >= 0.3 is 0 Å². The van der Waals surface area contributed by atoms with Gasteiger partial charge in [-0.25, -0.2) is 12.7 Å². The molecule has 1 fully saturated rings. The van der Waals surface area contributed by atoms with Crippen LogP contribution in [0.25, 0.3) is 0 Å². The van der Waals surface area contributed by atoms with Gasteiger partial charge in [0.25, 0.3) is 0 Å². The van der Waals surface area contributed by atoms with E-state index in [1.807, 2.05) is 6.92 Å². The molecule has 0 radical (unpaired) electrons. The van der Waals surface area contributed by atoms with Crippen molar-refractivity contribution in [1.82, 2.24) is 4.31 Å². The van der Waals surface area contributed by atoms with Gasteiger partial charge in [0, 0.05) is 13.1 Å². The van der Waals surface area contributed by atoms with Gasteiger partial charge in [0.1, 0.15) is 0 Å². The lowest BCUT2D eigenvalue weighted by atomic mass is 10.2. The third kappa shape index (κ3) is 1.96. The third-order valence-corrected chi connectivity index (χ3v) is 3.64. The minimum Gasteiger partial charge on any atom is -0.211 e. The average Bonchev–Trinajstić information content (AvgIpc) is 2.36. The van der Waals surface area contributed by atoms with E-state index in [2.05, 4.69) is 0 Å². The van der Waals surface area contributed by atoms with Crippen LogP contribution in [-0.2, 0) is 10.0 Å². The molecule has 1 heterocycles. The quantitative estimate of drug-likeness (QED) is 0.621. The molecule has 0 aromatic heterocycles. The summed E-state index contributed by atoms with van der Waals surface area (Å²) in [6, 6.07) is 1.67. The maximum atomic E-state index is 11.3. The molecule has 0 N–H and O–H groups in total. The highest BCUT2D eigenvalue weighted by molar-refractivity contribution is 7.89. The van der Waals surface area contributed by atoms with Crippen LogP contribution in [0.1, 0.15) is 13.3 Å². The maximum absolute atomic E-state index is 11.3. The molecule has 1 atom stereocenters. The Bertz CT molecular complexity index is 291. The average molecular weight is 188 g/mol. The van der Waals surface area contributed by atoms with Crippen LogP contribution in [0.5, 0.6) is 0 Å². The van der Waals surface area contributed by atoms with Crippen LogP contribution in [0.2, 0.25) is 0 Å². The lowest BCUT2D eigenvalue weighted by molar-refractivity contribution is 0.467. The monoisotopic (exact) mass is 188 g/mol. The van der Waals surface area contributed by atoms with Crippen molar-refractivity contribution in [2.45, 2.75) is 13.3 Å². The van der Waals surface area contributed by atoms with Crippen LogP contribution in [0.4, 0.5) is 0 Å². The Hall–Kier alpha value is -0.600. The minimum absolute atomic E-state index is 0.389. The van der Waals surface area contributed by atoms with Crippen molar-refractivity contribution in [2.75, 3.05) is 18.8 Å². The maximum Gasteiger partial charge on any atom is 0.227 e. The zero-order valence-corrected chi connectivity index (χ0v) is 7.84. The summed E-state index contributed by atoms with van der Waals surface area (Å²) in [7, 11) is -3.27. The van der Waals surface area contributed by atoms with Crippen LogP contribution in [0.15, 0.2) is 0 Å². The van der Waals surface area contributed by atoms with Gasteiger partial charge in [-0.3, -0.25) is 0 Å². The number of nitriles is 1. The number of rotatable bonds is 2. The van der Waals surface area contributed by atoms with Crippen LogP contribution in [-0.4, -0.2) is 31.6 Å². The molecule has 4 nitrogen and oxygen atoms in total. The zero-order chi connectivity index (χ0) is 9.19. The Balaban J connectivity index is 2.66. The zero-order valence-electron chi connectivity index (χ0n) is 7.02. The molecule has 1 aliphatic rings.